The fourth-order valence-electron chi connectivity index (χ4n) is 1.72. The van der Waals surface area contributed by atoms with Gasteiger partial charge in [0.05, 0.1) is 11.3 Å². The molecule has 0 saturated heterocycles. The van der Waals surface area contributed by atoms with E-state index in [1.165, 1.54) is 25.4 Å². The summed E-state index contributed by atoms with van der Waals surface area (Å²) < 4.78 is 5.25. The number of ether oxygens (including phenoxy) is 1. The summed E-state index contributed by atoms with van der Waals surface area (Å²) in [5.41, 5.74) is 6.45. The molecule has 0 radical (unpaired) electrons. The Balaban J connectivity index is 2.90. The number of thiophene rings is 1. The molecule has 0 fully saturated rings. The predicted molar refractivity (Wildman–Crippen MR) is 85.1 cm³/mol. The number of anilines is 2. The van der Waals surface area contributed by atoms with E-state index in [9.17, 15) is 9.59 Å². The van der Waals surface area contributed by atoms with Gasteiger partial charge in [-0.1, -0.05) is 0 Å². The second-order valence-corrected chi connectivity index (χ2v) is 5.21. The largest absolute Gasteiger partial charge is 0.397 e. The van der Waals surface area contributed by atoms with Crippen molar-refractivity contribution in [2.75, 3.05) is 44.9 Å². The fraction of sp³-hybridized carbons (Fsp3) is 0.538. The van der Waals surface area contributed by atoms with E-state index in [1.54, 1.807) is 0 Å². The van der Waals surface area contributed by atoms with Crippen LogP contribution in [0.2, 0.25) is 0 Å². The molecule has 1 aromatic rings. The molecule has 1 heterocycles. The highest BCUT2D eigenvalue weighted by molar-refractivity contribution is 7.19. The van der Waals surface area contributed by atoms with E-state index in [1.807, 2.05) is 6.92 Å². The van der Waals surface area contributed by atoms with Gasteiger partial charge in [0.25, 0.3) is 11.8 Å². The van der Waals surface area contributed by atoms with E-state index >= 15 is 0 Å². The van der Waals surface area contributed by atoms with Gasteiger partial charge in [-0.05, 0) is 13.3 Å². The van der Waals surface area contributed by atoms with Gasteiger partial charge in [-0.15, -0.1) is 11.3 Å². The lowest BCUT2D eigenvalue weighted by Gasteiger charge is -2.07. The van der Waals surface area contributed by atoms with Gasteiger partial charge in [-0.2, -0.15) is 0 Å². The zero-order chi connectivity index (χ0) is 15.8. The average Bonchev–Trinajstić information content (AvgIpc) is 2.82. The van der Waals surface area contributed by atoms with Crippen molar-refractivity contribution in [1.82, 2.24) is 10.6 Å². The first-order valence-corrected chi connectivity index (χ1v) is 7.56. The van der Waals surface area contributed by atoms with Crippen LogP contribution < -0.4 is 21.7 Å². The second-order valence-electron chi connectivity index (χ2n) is 4.18. The van der Waals surface area contributed by atoms with Crippen molar-refractivity contribution in [2.45, 2.75) is 13.3 Å². The van der Waals surface area contributed by atoms with Crippen molar-refractivity contribution < 1.29 is 14.3 Å². The third-order valence-corrected chi connectivity index (χ3v) is 3.95. The zero-order valence-electron chi connectivity index (χ0n) is 12.5. The van der Waals surface area contributed by atoms with Crippen molar-refractivity contribution in [3.8, 4) is 0 Å². The molecule has 0 bridgehead atoms. The van der Waals surface area contributed by atoms with Gasteiger partial charge >= 0.3 is 0 Å². The molecule has 118 valence electrons. The normalized spacial score (nSPS) is 10.2. The Morgan fingerprint density at radius 3 is 2.48 bits per heavy atom. The summed E-state index contributed by atoms with van der Waals surface area (Å²) in [6.07, 6.45) is 0.800. The molecule has 0 aliphatic carbocycles. The lowest BCUT2D eigenvalue weighted by atomic mass is 10.2. The maximum atomic E-state index is 11.9. The van der Waals surface area contributed by atoms with Gasteiger partial charge in [0, 0.05) is 33.9 Å². The Morgan fingerprint density at radius 1 is 1.24 bits per heavy atom. The Hall–Kier alpha value is -1.80. The Kier molecular flexibility index (Phi) is 6.97. The lowest BCUT2D eigenvalue weighted by Crippen LogP contribution is -2.21. The summed E-state index contributed by atoms with van der Waals surface area (Å²) in [5, 5.41) is 8.79. The molecule has 1 rings (SSSR count). The number of hydrogen-bond donors (Lipinski definition) is 4. The van der Waals surface area contributed by atoms with Crippen LogP contribution in [-0.4, -0.2) is 45.7 Å². The maximum Gasteiger partial charge on any atom is 0.263 e. The molecule has 8 heteroatoms. The average molecular weight is 314 g/mol. The van der Waals surface area contributed by atoms with Crippen LogP contribution in [0.1, 0.15) is 33.4 Å². The number of amides is 2. The highest BCUT2D eigenvalue weighted by Crippen LogP contribution is 2.35. The number of nitrogen functional groups attached to an aromatic ring is 1. The van der Waals surface area contributed by atoms with Crippen molar-refractivity contribution in [1.29, 1.82) is 0 Å². The quantitative estimate of drug-likeness (QED) is 0.533. The van der Waals surface area contributed by atoms with Gasteiger partial charge in [-0.25, -0.2) is 0 Å². The molecule has 1 aromatic heterocycles. The third kappa shape index (κ3) is 4.33. The molecule has 0 aliphatic heterocycles. The van der Waals surface area contributed by atoms with Crippen molar-refractivity contribution >= 4 is 33.8 Å². The van der Waals surface area contributed by atoms with Gasteiger partial charge < -0.3 is 26.4 Å². The van der Waals surface area contributed by atoms with E-state index in [-0.39, 0.29) is 17.5 Å². The topological polar surface area (TPSA) is 105 Å². The zero-order valence-corrected chi connectivity index (χ0v) is 13.4. The monoisotopic (exact) mass is 314 g/mol. The molecule has 0 saturated carbocycles. The Labute approximate surface area is 128 Å². The first-order valence-electron chi connectivity index (χ1n) is 6.74. The van der Waals surface area contributed by atoms with Crippen LogP contribution in [0.15, 0.2) is 0 Å². The second kappa shape index (κ2) is 8.48. The molecule has 0 aliphatic rings. The van der Waals surface area contributed by atoms with Crippen LogP contribution in [0.3, 0.4) is 0 Å². The lowest BCUT2D eigenvalue weighted by molar-refractivity contribution is 0.0963. The molecule has 0 aromatic carbocycles. The van der Waals surface area contributed by atoms with Gasteiger partial charge in [0.1, 0.15) is 9.88 Å². The maximum absolute atomic E-state index is 11.9. The minimum Gasteiger partial charge on any atom is -0.397 e. The SMILES string of the molecule is CCOCCCNc1sc(C(=O)NC)c(N)c1C(=O)NC. The molecule has 21 heavy (non-hydrogen) atoms. The Bertz CT molecular complexity index is 502. The molecular weight excluding hydrogens is 292 g/mol. The first-order chi connectivity index (χ1) is 10.1. The summed E-state index contributed by atoms with van der Waals surface area (Å²) >= 11 is 1.18. The minimum atomic E-state index is -0.314. The van der Waals surface area contributed by atoms with Crippen LogP contribution in [0, 0.1) is 0 Å². The van der Waals surface area contributed by atoms with Crippen molar-refractivity contribution in [3.05, 3.63) is 10.4 Å². The highest BCUT2D eigenvalue weighted by atomic mass is 32.1. The van der Waals surface area contributed by atoms with E-state index in [0.717, 1.165) is 6.42 Å². The minimum absolute atomic E-state index is 0.200. The van der Waals surface area contributed by atoms with E-state index in [0.29, 0.717) is 35.2 Å². The van der Waals surface area contributed by atoms with E-state index in [2.05, 4.69) is 16.0 Å². The van der Waals surface area contributed by atoms with Crippen molar-refractivity contribution in [3.63, 3.8) is 0 Å². The first kappa shape index (κ1) is 17.3. The van der Waals surface area contributed by atoms with Crippen molar-refractivity contribution in [2.24, 2.45) is 0 Å². The summed E-state index contributed by atoms with van der Waals surface area (Å²) in [6, 6.07) is 0. The smallest absolute Gasteiger partial charge is 0.263 e. The molecule has 0 atom stereocenters. The number of nitrogens with one attached hydrogen (secondary N) is 3. The molecule has 2 amide bonds. The number of carbonyl (C=O) groups excluding carboxylic acids is 2. The van der Waals surface area contributed by atoms with Crippen LogP contribution in [0.5, 0.6) is 0 Å². The summed E-state index contributed by atoms with van der Waals surface area (Å²) in [6.45, 7) is 3.89. The highest BCUT2D eigenvalue weighted by Gasteiger charge is 2.24. The number of rotatable bonds is 8. The fourth-order valence-corrected chi connectivity index (χ4v) is 2.81. The molecule has 0 spiro atoms. The molecular formula is C13H22N4O3S. The van der Waals surface area contributed by atoms with Gasteiger partial charge in [0.2, 0.25) is 0 Å². The van der Waals surface area contributed by atoms with Gasteiger partial charge in [-0.3, -0.25) is 9.59 Å². The predicted octanol–water partition coefficient (Wildman–Crippen LogP) is 0.888. The van der Waals surface area contributed by atoms with Gasteiger partial charge in [0.15, 0.2) is 0 Å². The molecule has 0 unspecified atom stereocenters. The van der Waals surface area contributed by atoms with E-state index in [4.69, 9.17) is 10.5 Å². The third-order valence-electron chi connectivity index (χ3n) is 2.79. The van der Waals surface area contributed by atoms with Crippen LogP contribution in [0.4, 0.5) is 10.7 Å². The number of carbonyl (C=O) groups is 2. The summed E-state index contributed by atoms with van der Waals surface area (Å²) in [4.78, 5) is 24.0. The number of nitrogens with two attached hydrogens (primary N) is 1. The van der Waals surface area contributed by atoms with E-state index < -0.39 is 0 Å². The van der Waals surface area contributed by atoms with Crippen LogP contribution >= 0.6 is 11.3 Å². The van der Waals surface area contributed by atoms with Crippen LogP contribution in [-0.2, 0) is 4.74 Å². The van der Waals surface area contributed by atoms with Crippen LogP contribution in [0.25, 0.3) is 0 Å². The molecule has 5 N–H and O–H groups in total. The summed E-state index contributed by atoms with van der Waals surface area (Å²) in [7, 11) is 3.05. The Morgan fingerprint density at radius 2 is 1.90 bits per heavy atom. The summed E-state index contributed by atoms with van der Waals surface area (Å²) in [5.74, 6) is -0.615. The standard InChI is InChI=1S/C13H22N4O3S/c1-4-20-7-5-6-17-13-8(11(18)15-2)9(14)10(21-13)12(19)16-3/h17H,4-7,14H2,1-3H3,(H,15,18)(H,16,19). The number of hydrogen-bond acceptors (Lipinski definition) is 6. The molecule has 7 nitrogen and oxygen atoms in total.